The highest BCUT2D eigenvalue weighted by Gasteiger charge is 2.20. The van der Waals surface area contributed by atoms with Crippen molar-refractivity contribution >= 4 is 0 Å². The molecule has 0 spiro atoms. The highest BCUT2D eigenvalue weighted by Crippen LogP contribution is 2.16. The first kappa shape index (κ1) is 10.9. The molecule has 0 saturated carbocycles. The van der Waals surface area contributed by atoms with Gasteiger partial charge in [0.1, 0.15) is 0 Å². The molecule has 4 nitrogen and oxygen atoms in total. The molecule has 1 saturated heterocycles. The standard InChI is InChI=1S/C9H20N2O2/c1-8-4-2-3-5-11(8)6-9(12)7-13-10/h8-9,12H,2-7,10H2,1H3. The summed E-state index contributed by atoms with van der Waals surface area (Å²) in [5.74, 6) is 4.89. The molecule has 0 aromatic rings. The fourth-order valence-electron chi connectivity index (χ4n) is 1.86. The summed E-state index contributed by atoms with van der Waals surface area (Å²) in [7, 11) is 0. The summed E-state index contributed by atoms with van der Waals surface area (Å²) in [6.07, 6.45) is 3.32. The monoisotopic (exact) mass is 188 g/mol. The Morgan fingerprint density at radius 2 is 2.38 bits per heavy atom. The Kier molecular flexibility index (Phi) is 4.66. The Hall–Kier alpha value is -0.160. The van der Waals surface area contributed by atoms with Crippen molar-refractivity contribution in [2.75, 3.05) is 19.7 Å². The Labute approximate surface area is 79.6 Å². The highest BCUT2D eigenvalue weighted by atomic mass is 16.6. The molecule has 3 N–H and O–H groups in total. The number of nitrogens with two attached hydrogens (primary N) is 1. The minimum atomic E-state index is -0.453. The molecule has 4 heteroatoms. The van der Waals surface area contributed by atoms with Crippen LogP contribution in [0.15, 0.2) is 0 Å². The summed E-state index contributed by atoms with van der Waals surface area (Å²) in [6, 6.07) is 0.584. The van der Waals surface area contributed by atoms with Gasteiger partial charge in [0.25, 0.3) is 0 Å². The largest absolute Gasteiger partial charge is 0.389 e. The molecule has 13 heavy (non-hydrogen) atoms. The lowest BCUT2D eigenvalue weighted by Crippen LogP contribution is -2.43. The van der Waals surface area contributed by atoms with Crippen LogP contribution in [0.5, 0.6) is 0 Å². The zero-order chi connectivity index (χ0) is 9.68. The van der Waals surface area contributed by atoms with E-state index in [4.69, 9.17) is 5.90 Å². The maximum Gasteiger partial charge on any atom is 0.0951 e. The van der Waals surface area contributed by atoms with E-state index in [0.717, 1.165) is 6.54 Å². The van der Waals surface area contributed by atoms with Crippen LogP contribution in [0.4, 0.5) is 0 Å². The van der Waals surface area contributed by atoms with Gasteiger partial charge in [-0.2, -0.15) is 0 Å². The Bertz CT molecular complexity index is 144. The minimum absolute atomic E-state index is 0.225. The quantitative estimate of drug-likeness (QED) is 0.615. The second-order valence-electron chi connectivity index (χ2n) is 3.83. The number of aliphatic hydroxyl groups excluding tert-OH is 1. The van der Waals surface area contributed by atoms with Crippen LogP contribution in [0.3, 0.4) is 0 Å². The summed E-state index contributed by atoms with van der Waals surface area (Å²) < 4.78 is 0. The van der Waals surface area contributed by atoms with Gasteiger partial charge in [0.2, 0.25) is 0 Å². The molecule has 2 atom stereocenters. The van der Waals surface area contributed by atoms with Gasteiger partial charge in [0.15, 0.2) is 0 Å². The summed E-state index contributed by atoms with van der Waals surface area (Å²) in [6.45, 7) is 4.19. The third kappa shape index (κ3) is 3.60. The van der Waals surface area contributed by atoms with Gasteiger partial charge in [0.05, 0.1) is 12.7 Å². The fraction of sp³-hybridized carbons (Fsp3) is 1.00. The van der Waals surface area contributed by atoms with Crippen molar-refractivity contribution in [1.82, 2.24) is 4.90 Å². The van der Waals surface area contributed by atoms with Gasteiger partial charge in [-0.05, 0) is 26.3 Å². The molecule has 0 aliphatic carbocycles. The Balaban J connectivity index is 2.25. The second-order valence-corrected chi connectivity index (χ2v) is 3.83. The maximum atomic E-state index is 9.47. The van der Waals surface area contributed by atoms with Crippen molar-refractivity contribution in [3.05, 3.63) is 0 Å². The van der Waals surface area contributed by atoms with Gasteiger partial charge >= 0.3 is 0 Å². The van der Waals surface area contributed by atoms with Gasteiger partial charge in [-0.3, -0.25) is 4.90 Å². The minimum Gasteiger partial charge on any atom is -0.389 e. The van der Waals surface area contributed by atoms with E-state index >= 15 is 0 Å². The number of hydrogen-bond donors (Lipinski definition) is 2. The summed E-state index contributed by atoms with van der Waals surface area (Å²) >= 11 is 0. The van der Waals surface area contributed by atoms with Crippen molar-refractivity contribution in [2.24, 2.45) is 5.90 Å². The van der Waals surface area contributed by atoms with Crippen LogP contribution in [-0.4, -0.2) is 41.8 Å². The van der Waals surface area contributed by atoms with E-state index in [1.807, 2.05) is 0 Å². The van der Waals surface area contributed by atoms with Crippen molar-refractivity contribution in [3.63, 3.8) is 0 Å². The van der Waals surface area contributed by atoms with E-state index in [-0.39, 0.29) is 6.61 Å². The molecule has 1 aliphatic rings. The average Bonchev–Trinajstić information content (AvgIpc) is 2.09. The van der Waals surface area contributed by atoms with Crippen molar-refractivity contribution in [3.8, 4) is 0 Å². The van der Waals surface area contributed by atoms with E-state index in [0.29, 0.717) is 12.6 Å². The van der Waals surface area contributed by atoms with Crippen LogP contribution in [-0.2, 0) is 4.84 Å². The number of hydrogen-bond acceptors (Lipinski definition) is 4. The molecule has 0 aromatic carbocycles. The zero-order valence-electron chi connectivity index (χ0n) is 8.28. The molecular formula is C9H20N2O2. The van der Waals surface area contributed by atoms with Crippen LogP contribution < -0.4 is 5.90 Å². The molecule has 1 aliphatic heterocycles. The first-order valence-corrected chi connectivity index (χ1v) is 4.98. The molecule has 0 radical (unpaired) electrons. The SMILES string of the molecule is CC1CCCCN1CC(O)CON. The number of piperidine rings is 1. The lowest BCUT2D eigenvalue weighted by Gasteiger charge is -2.34. The Morgan fingerprint density at radius 3 is 3.00 bits per heavy atom. The molecule has 0 aromatic heterocycles. The van der Waals surface area contributed by atoms with E-state index in [1.165, 1.54) is 19.3 Å². The second kappa shape index (κ2) is 5.54. The molecule has 1 rings (SSSR count). The van der Waals surface area contributed by atoms with Gasteiger partial charge in [-0.15, -0.1) is 0 Å². The predicted octanol–water partition coefficient (Wildman–Crippen LogP) is 0.112. The first-order chi connectivity index (χ1) is 6.24. The van der Waals surface area contributed by atoms with Crippen LogP contribution in [0.2, 0.25) is 0 Å². The molecular weight excluding hydrogens is 168 g/mol. The molecule has 2 unspecified atom stereocenters. The molecule has 1 heterocycles. The number of aliphatic hydroxyl groups is 1. The average molecular weight is 188 g/mol. The molecule has 0 bridgehead atoms. The third-order valence-corrected chi connectivity index (χ3v) is 2.67. The van der Waals surface area contributed by atoms with E-state index in [2.05, 4.69) is 16.7 Å². The molecule has 0 amide bonds. The van der Waals surface area contributed by atoms with Gasteiger partial charge < -0.3 is 9.94 Å². The Morgan fingerprint density at radius 1 is 1.62 bits per heavy atom. The topological polar surface area (TPSA) is 58.7 Å². The highest BCUT2D eigenvalue weighted by molar-refractivity contribution is 4.75. The fourth-order valence-corrected chi connectivity index (χ4v) is 1.86. The van der Waals surface area contributed by atoms with E-state index in [1.54, 1.807) is 0 Å². The smallest absolute Gasteiger partial charge is 0.0951 e. The van der Waals surface area contributed by atoms with Crippen LogP contribution in [0, 0.1) is 0 Å². The summed E-state index contributed by atoms with van der Waals surface area (Å²) in [5.41, 5.74) is 0. The first-order valence-electron chi connectivity index (χ1n) is 4.98. The third-order valence-electron chi connectivity index (χ3n) is 2.67. The van der Waals surface area contributed by atoms with E-state index in [9.17, 15) is 5.11 Å². The van der Waals surface area contributed by atoms with Crippen molar-refractivity contribution in [1.29, 1.82) is 0 Å². The summed E-state index contributed by atoms with van der Waals surface area (Å²) in [5, 5.41) is 9.47. The maximum absolute atomic E-state index is 9.47. The molecule has 78 valence electrons. The predicted molar refractivity (Wildman–Crippen MR) is 51.0 cm³/mol. The van der Waals surface area contributed by atoms with Crippen LogP contribution in [0.1, 0.15) is 26.2 Å². The number of β-amino-alcohol motifs (C(OH)–C–C–N with tert-alkyl or cyclic N) is 1. The van der Waals surface area contributed by atoms with Gasteiger partial charge in [-0.1, -0.05) is 6.42 Å². The van der Waals surface area contributed by atoms with Crippen molar-refractivity contribution < 1.29 is 9.94 Å². The van der Waals surface area contributed by atoms with Gasteiger partial charge in [0, 0.05) is 12.6 Å². The van der Waals surface area contributed by atoms with Crippen molar-refractivity contribution in [2.45, 2.75) is 38.3 Å². The number of likely N-dealkylation sites (tertiary alicyclic amines) is 1. The van der Waals surface area contributed by atoms with Crippen LogP contribution in [0.25, 0.3) is 0 Å². The molecule has 1 fully saturated rings. The zero-order valence-corrected chi connectivity index (χ0v) is 8.28. The van der Waals surface area contributed by atoms with Gasteiger partial charge in [-0.25, -0.2) is 5.90 Å². The normalized spacial score (nSPS) is 27.5. The van der Waals surface area contributed by atoms with Crippen LogP contribution >= 0.6 is 0 Å². The van der Waals surface area contributed by atoms with E-state index < -0.39 is 6.10 Å². The number of nitrogens with zero attached hydrogens (tertiary/aromatic N) is 1. The number of rotatable bonds is 4. The summed E-state index contributed by atoms with van der Waals surface area (Å²) in [4.78, 5) is 6.70. The lowest BCUT2D eigenvalue weighted by molar-refractivity contribution is 0.00377. The lowest BCUT2D eigenvalue weighted by atomic mass is 10.0.